The van der Waals surface area contributed by atoms with Gasteiger partial charge in [-0.1, -0.05) is 44.2 Å². The van der Waals surface area contributed by atoms with Crippen LogP contribution in [0, 0.1) is 0 Å². The minimum atomic E-state index is -3.64. The number of anilines is 2. The fourth-order valence-electron chi connectivity index (χ4n) is 2.97. The van der Waals surface area contributed by atoms with Crippen molar-refractivity contribution in [1.29, 1.82) is 0 Å². The van der Waals surface area contributed by atoms with Crippen molar-refractivity contribution in [2.75, 3.05) is 29.5 Å². The predicted octanol–water partition coefficient (Wildman–Crippen LogP) is 3.22. The standard InChI is InChI=1S/C20H26N2O4S/c1-5-15-10-9-11-16(6-2)20(15)22(27(4,24)25)14-19(23)21-17-12-7-8-13-18(17)26-3/h7-13H,5-6,14H2,1-4H3,(H,21,23). The minimum absolute atomic E-state index is 0.305. The van der Waals surface area contributed by atoms with Crippen LogP contribution in [0.2, 0.25) is 0 Å². The zero-order chi connectivity index (χ0) is 20.0. The summed E-state index contributed by atoms with van der Waals surface area (Å²) in [6.07, 6.45) is 2.46. The molecular formula is C20H26N2O4S. The maximum atomic E-state index is 12.6. The molecule has 0 saturated heterocycles. The Kier molecular flexibility index (Phi) is 6.85. The quantitative estimate of drug-likeness (QED) is 0.751. The number of hydrogen-bond acceptors (Lipinski definition) is 4. The number of carbonyl (C=O) groups is 1. The molecule has 0 aliphatic heterocycles. The molecule has 0 radical (unpaired) electrons. The zero-order valence-corrected chi connectivity index (χ0v) is 17.0. The van der Waals surface area contributed by atoms with Crippen LogP contribution in [-0.4, -0.2) is 34.2 Å². The first-order valence-corrected chi connectivity index (χ1v) is 10.7. The SMILES string of the molecule is CCc1cccc(CC)c1N(CC(=O)Nc1ccccc1OC)S(C)(=O)=O. The molecule has 0 unspecified atom stereocenters. The summed E-state index contributed by atoms with van der Waals surface area (Å²) in [5.41, 5.74) is 2.88. The highest BCUT2D eigenvalue weighted by atomic mass is 32.2. The molecule has 6 nitrogen and oxygen atoms in total. The number of amides is 1. The van der Waals surface area contributed by atoms with Crippen LogP contribution in [0.4, 0.5) is 11.4 Å². The molecule has 0 saturated carbocycles. The first kappa shape index (κ1) is 20.8. The highest BCUT2D eigenvalue weighted by Gasteiger charge is 2.25. The van der Waals surface area contributed by atoms with Gasteiger partial charge in [-0.2, -0.15) is 0 Å². The van der Waals surface area contributed by atoms with Gasteiger partial charge in [-0.25, -0.2) is 8.42 Å². The number of benzene rings is 2. The first-order chi connectivity index (χ1) is 12.8. The molecule has 0 heterocycles. The van der Waals surface area contributed by atoms with Gasteiger partial charge in [-0.15, -0.1) is 0 Å². The van der Waals surface area contributed by atoms with E-state index in [-0.39, 0.29) is 6.54 Å². The Bertz CT molecular complexity index is 888. The molecule has 7 heteroatoms. The van der Waals surface area contributed by atoms with Gasteiger partial charge in [0.15, 0.2) is 0 Å². The fraction of sp³-hybridized carbons (Fsp3) is 0.350. The lowest BCUT2D eigenvalue weighted by Crippen LogP contribution is -2.38. The van der Waals surface area contributed by atoms with Crippen LogP contribution in [0.5, 0.6) is 5.75 Å². The van der Waals surface area contributed by atoms with Crippen LogP contribution in [0.25, 0.3) is 0 Å². The molecule has 0 fully saturated rings. The van der Waals surface area contributed by atoms with Gasteiger partial charge in [0.2, 0.25) is 15.9 Å². The van der Waals surface area contributed by atoms with Crippen LogP contribution in [0.15, 0.2) is 42.5 Å². The highest BCUT2D eigenvalue weighted by Crippen LogP contribution is 2.29. The van der Waals surface area contributed by atoms with Crippen LogP contribution in [-0.2, 0) is 27.7 Å². The molecule has 0 aliphatic carbocycles. The number of para-hydroxylation sites is 3. The maximum Gasteiger partial charge on any atom is 0.245 e. The van der Waals surface area contributed by atoms with E-state index in [0.29, 0.717) is 30.0 Å². The predicted molar refractivity (Wildman–Crippen MR) is 109 cm³/mol. The Hall–Kier alpha value is -2.54. The van der Waals surface area contributed by atoms with Crippen molar-refractivity contribution in [3.8, 4) is 5.75 Å². The summed E-state index contributed by atoms with van der Waals surface area (Å²) in [6, 6.07) is 12.7. The monoisotopic (exact) mass is 390 g/mol. The third-order valence-electron chi connectivity index (χ3n) is 4.28. The summed E-state index contributed by atoms with van der Waals surface area (Å²) in [4.78, 5) is 12.6. The van der Waals surface area contributed by atoms with Gasteiger partial charge in [-0.05, 0) is 36.1 Å². The summed E-state index contributed by atoms with van der Waals surface area (Å²) in [7, 11) is -2.13. The molecule has 1 N–H and O–H groups in total. The van der Waals surface area contributed by atoms with Gasteiger partial charge in [0.25, 0.3) is 0 Å². The minimum Gasteiger partial charge on any atom is -0.495 e. The lowest BCUT2D eigenvalue weighted by molar-refractivity contribution is -0.114. The fourth-order valence-corrected chi connectivity index (χ4v) is 3.88. The maximum absolute atomic E-state index is 12.6. The molecule has 1 amide bonds. The zero-order valence-electron chi connectivity index (χ0n) is 16.2. The van der Waals surface area contributed by atoms with Crippen molar-refractivity contribution in [3.05, 3.63) is 53.6 Å². The Morgan fingerprint density at radius 3 is 2.15 bits per heavy atom. The van der Waals surface area contributed by atoms with Gasteiger partial charge in [0, 0.05) is 0 Å². The van der Waals surface area contributed by atoms with Crippen LogP contribution in [0.1, 0.15) is 25.0 Å². The number of nitrogens with zero attached hydrogens (tertiary/aromatic N) is 1. The van der Waals surface area contributed by atoms with E-state index >= 15 is 0 Å². The number of sulfonamides is 1. The van der Waals surface area contributed by atoms with Gasteiger partial charge in [0.1, 0.15) is 12.3 Å². The molecule has 146 valence electrons. The largest absolute Gasteiger partial charge is 0.495 e. The van der Waals surface area contributed by atoms with Crippen molar-refractivity contribution in [1.82, 2.24) is 0 Å². The molecule has 0 spiro atoms. The molecule has 0 aromatic heterocycles. The molecular weight excluding hydrogens is 364 g/mol. The number of hydrogen-bond donors (Lipinski definition) is 1. The van der Waals surface area contributed by atoms with Crippen molar-refractivity contribution in [2.45, 2.75) is 26.7 Å². The van der Waals surface area contributed by atoms with E-state index in [1.807, 2.05) is 32.0 Å². The summed E-state index contributed by atoms with van der Waals surface area (Å²) < 4.78 is 31.4. The summed E-state index contributed by atoms with van der Waals surface area (Å²) in [5, 5.41) is 2.74. The number of nitrogens with one attached hydrogen (secondary N) is 1. The van der Waals surface area contributed by atoms with E-state index in [4.69, 9.17) is 4.74 Å². The normalized spacial score (nSPS) is 11.1. The summed E-state index contributed by atoms with van der Waals surface area (Å²) >= 11 is 0. The van der Waals surface area contributed by atoms with E-state index < -0.39 is 15.9 Å². The Morgan fingerprint density at radius 1 is 1.04 bits per heavy atom. The average Bonchev–Trinajstić information content (AvgIpc) is 2.65. The molecule has 0 bridgehead atoms. The van der Waals surface area contributed by atoms with Crippen molar-refractivity contribution >= 4 is 27.3 Å². The van der Waals surface area contributed by atoms with E-state index in [1.165, 1.54) is 11.4 Å². The average molecular weight is 391 g/mol. The molecule has 2 aromatic rings. The number of rotatable bonds is 8. The lowest BCUT2D eigenvalue weighted by atomic mass is 10.0. The van der Waals surface area contributed by atoms with Crippen molar-refractivity contribution in [3.63, 3.8) is 0 Å². The third kappa shape index (κ3) is 5.01. The van der Waals surface area contributed by atoms with Crippen LogP contribution in [0.3, 0.4) is 0 Å². The summed E-state index contributed by atoms with van der Waals surface area (Å²) in [5.74, 6) is 0.0813. The topological polar surface area (TPSA) is 75.7 Å². The lowest BCUT2D eigenvalue weighted by Gasteiger charge is -2.27. The molecule has 2 aromatic carbocycles. The molecule has 0 atom stereocenters. The molecule has 27 heavy (non-hydrogen) atoms. The van der Waals surface area contributed by atoms with Crippen molar-refractivity contribution in [2.24, 2.45) is 0 Å². The second-order valence-electron chi connectivity index (χ2n) is 6.15. The molecule has 0 aliphatic rings. The number of ether oxygens (including phenoxy) is 1. The second kappa shape index (κ2) is 8.90. The van der Waals surface area contributed by atoms with E-state index in [9.17, 15) is 13.2 Å². The number of methoxy groups -OCH3 is 1. The van der Waals surface area contributed by atoms with Gasteiger partial charge < -0.3 is 10.1 Å². The van der Waals surface area contributed by atoms with E-state index in [1.54, 1.807) is 24.3 Å². The summed E-state index contributed by atoms with van der Waals surface area (Å²) in [6.45, 7) is 3.63. The highest BCUT2D eigenvalue weighted by molar-refractivity contribution is 7.92. The van der Waals surface area contributed by atoms with Gasteiger partial charge >= 0.3 is 0 Å². The first-order valence-electron chi connectivity index (χ1n) is 8.83. The third-order valence-corrected chi connectivity index (χ3v) is 5.40. The van der Waals surface area contributed by atoms with Gasteiger partial charge in [0.05, 0.1) is 24.7 Å². The van der Waals surface area contributed by atoms with Crippen LogP contribution < -0.4 is 14.4 Å². The number of carbonyl (C=O) groups excluding carboxylic acids is 1. The Balaban J connectivity index is 2.38. The van der Waals surface area contributed by atoms with Crippen molar-refractivity contribution < 1.29 is 17.9 Å². The Morgan fingerprint density at radius 2 is 1.63 bits per heavy atom. The van der Waals surface area contributed by atoms with Gasteiger partial charge in [-0.3, -0.25) is 9.10 Å². The number of aryl methyl sites for hydroxylation is 2. The van der Waals surface area contributed by atoms with E-state index in [0.717, 1.165) is 17.4 Å². The van der Waals surface area contributed by atoms with E-state index in [2.05, 4.69) is 5.32 Å². The van der Waals surface area contributed by atoms with Crippen LogP contribution >= 0.6 is 0 Å². The smallest absolute Gasteiger partial charge is 0.245 e. The second-order valence-corrected chi connectivity index (χ2v) is 8.06. The molecule has 2 rings (SSSR count). The Labute approximate surface area is 161 Å².